The fraction of sp³-hybridized carbons (Fsp3) is 0.727. The van der Waals surface area contributed by atoms with Gasteiger partial charge in [-0.05, 0) is 0 Å². The van der Waals surface area contributed by atoms with Gasteiger partial charge in [-0.15, -0.1) is 23.7 Å². The van der Waals surface area contributed by atoms with Crippen LogP contribution in [0.3, 0.4) is 0 Å². The highest BCUT2D eigenvalue weighted by molar-refractivity contribution is 7.11. The second kappa shape index (κ2) is 6.55. The van der Waals surface area contributed by atoms with E-state index in [0.717, 1.165) is 32.7 Å². The predicted molar refractivity (Wildman–Crippen MR) is 71.6 cm³/mol. The first-order valence-electron chi connectivity index (χ1n) is 5.63. The van der Waals surface area contributed by atoms with E-state index in [1.54, 1.807) is 0 Å². The van der Waals surface area contributed by atoms with Gasteiger partial charge >= 0.3 is 0 Å². The molecule has 0 amide bonds. The fourth-order valence-electron chi connectivity index (χ4n) is 1.75. The average molecular weight is 262 g/mol. The van der Waals surface area contributed by atoms with Crippen LogP contribution >= 0.6 is 23.7 Å². The van der Waals surface area contributed by atoms with Gasteiger partial charge in [0.15, 0.2) is 0 Å². The van der Waals surface area contributed by atoms with Gasteiger partial charge in [0, 0.05) is 49.7 Å². The lowest BCUT2D eigenvalue weighted by atomic mass is 10.2. The van der Waals surface area contributed by atoms with Crippen molar-refractivity contribution in [1.82, 2.24) is 15.2 Å². The van der Waals surface area contributed by atoms with Gasteiger partial charge < -0.3 is 5.32 Å². The van der Waals surface area contributed by atoms with Crippen molar-refractivity contribution < 1.29 is 0 Å². The van der Waals surface area contributed by atoms with E-state index in [0.29, 0.717) is 5.92 Å². The van der Waals surface area contributed by atoms with Gasteiger partial charge in [0.2, 0.25) is 0 Å². The summed E-state index contributed by atoms with van der Waals surface area (Å²) in [7, 11) is 0. The average Bonchev–Trinajstić information content (AvgIpc) is 2.68. The van der Waals surface area contributed by atoms with E-state index >= 15 is 0 Å². The van der Waals surface area contributed by atoms with Crippen LogP contribution in [0, 0.1) is 0 Å². The molecule has 92 valence electrons. The molecule has 1 aliphatic heterocycles. The van der Waals surface area contributed by atoms with Crippen LogP contribution in [-0.4, -0.2) is 36.1 Å². The van der Waals surface area contributed by atoms with Crippen LogP contribution in [0.5, 0.6) is 0 Å². The van der Waals surface area contributed by atoms with E-state index in [-0.39, 0.29) is 12.4 Å². The minimum absolute atomic E-state index is 0. The SMILES string of the molecule is CC(C)c1ncc(CN2CCNCC2)s1.Cl. The number of thiazole rings is 1. The lowest BCUT2D eigenvalue weighted by Gasteiger charge is -2.26. The normalized spacial score (nSPS) is 17.4. The lowest BCUT2D eigenvalue weighted by Crippen LogP contribution is -2.42. The van der Waals surface area contributed by atoms with Crippen LogP contribution in [0.2, 0.25) is 0 Å². The number of nitrogens with zero attached hydrogens (tertiary/aromatic N) is 2. The molecule has 2 rings (SSSR count). The monoisotopic (exact) mass is 261 g/mol. The summed E-state index contributed by atoms with van der Waals surface area (Å²) in [5.74, 6) is 0.562. The second-order valence-electron chi connectivity index (χ2n) is 4.35. The van der Waals surface area contributed by atoms with Gasteiger partial charge in [0.25, 0.3) is 0 Å². The van der Waals surface area contributed by atoms with Crippen molar-refractivity contribution in [3.05, 3.63) is 16.1 Å². The van der Waals surface area contributed by atoms with E-state index in [2.05, 4.69) is 29.0 Å². The molecule has 0 spiro atoms. The van der Waals surface area contributed by atoms with Crippen molar-refractivity contribution in [2.75, 3.05) is 26.2 Å². The Bertz CT molecular complexity index is 308. The molecule has 1 N–H and O–H groups in total. The van der Waals surface area contributed by atoms with Crippen LogP contribution in [0.25, 0.3) is 0 Å². The highest BCUT2D eigenvalue weighted by Crippen LogP contribution is 2.22. The molecule has 16 heavy (non-hydrogen) atoms. The minimum Gasteiger partial charge on any atom is -0.314 e. The maximum absolute atomic E-state index is 4.46. The van der Waals surface area contributed by atoms with Gasteiger partial charge in [-0.1, -0.05) is 13.8 Å². The summed E-state index contributed by atoms with van der Waals surface area (Å²) in [6.07, 6.45) is 2.04. The fourth-order valence-corrected chi connectivity index (χ4v) is 2.71. The highest BCUT2D eigenvalue weighted by Gasteiger charge is 2.12. The first-order chi connectivity index (χ1) is 7.25. The summed E-state index contributed by atoms with van der Waals surface area (Å²) < 4.78 is 0. The van der Waals surface area contributed by atoms with Crippen LogP contribution in [0.15, 0.2) is 6.20 Å². The van der Waals surface area contributed by atoms with Gasteiger partial charge in [0.05, 0.1) is 5.01 Å². The Morgan fingerprint density at radius 1 is 1.44 bits per heavy atom. The third kappa shape index (κ3) is 3.70. The van der Waals surface area contributed by atoms with Crippen LogP contribution in [0.4, 0.5) is 0 Å². The van der Waals surface area contributed by atoms with Crippen LogP contribution < -0.4 is 5.32 Å². The molecule has 1 aliphatic rings. The Kier molecular flexibility index (Phi) is 5.69. The molecule has 0 saturated carbocycles. The Morgan fingerprint density at radius 2 is 2.12 bits per heavy atom. The first kappa shape index (κ1) is 13.9. The second-order valence-corrected chi connectivity index (χ2v) is 5.49. The Balaban J connectivity index is 0.00000128. The summed E-state index contributed by atoms with van der Waals surface area (Å²) in [5.41, 5.74) is 0. The van der Waals surface area contributed by atoms with Crippen molar-refractivity contribution in [1.29, 1.82) is 0 Å². The summed E-state index contributed by atoms with van der Waals surface area (Å²) in [4.78, 5) is 8.35. The molecule has 0 radical (unpaired) electrons. The maximum Gasteiger partial charge on any atom is 0.0953 e. The molecular weight excluding hydrogens is 242 g/mol. The van der Waals surface area contributed by atoms with Crippen molar-refractivity contribution in [2.24, 2.45) is 0 Å². The Hall–Kier alpha value is -0.160. The van der Waals surface area contributed by atoms with Gasteiger partial charge in [-0.2, -0.15) is 0 Å². The molecular formula is C11H20ClN3S. The van der Waals surface area contributed by atoms with E-state index in [9.17, 15) is 0 Å². The predicted octanol–water partition coefficient (Wildman–Crippen LogP) is 2.09. The zero-order valence-corrected chi connectivity index (χ0v) is 11.5. The number of nitrogens with one attached hydrogen (secondary N) is 1. The van der Waals surface area contributed by atoms with Crippen LogP contribution in [-0.2, 0) is 6.54 Å². The Morgan fingerprint density at radius 3 is 2.69 bits per heavy atom. The van der Waals surface area contributed by atoms with Crippen molar-refractivity contribution >= 4 is 23.7 Å². The number of rotatable bonds is 3. The van der Waals surface area contributed by atoms with Gasteiger partial charge in [-0.25, -0.2) is 4.98 Å². The molecule has 1 aromatic heterocycles. The molecule has 0 bridgehead atoms. The third-order valence-electron chi connectivity index (χ3n) is 2.65. The Labute approximate surface area is 108 Å². The lowest BCUT2D eigenvalue weighted by molar-refractivity contribution is 0.235. The number of piperazine rings is 1. The van der Waals surface area contributed by atoms with E-state index in [1.807, 2.05) is 17.5 Å². The van der Waals surface area contributed by atoms with Crippen LogP contribution in [0.1, 0.15) is 29.7 Å². The molecule has 2 heterocycles. The molecule has 1 saturated heterocycles. The van der Waals surface area contributed by atoms with Gasteiger partial charge in [-0.3, -0.25) is 4.90 Å². The van der Waals surface area contributed by atoms with Crippen molar-refractivity contribution in [3.8, 4) is 0 Å². The number of halogens is 1. The number of hydrogen-bond acceptors (Lipinski definition) is 4. The number of hydrogen-bond donors (Lipinski definition) is 1. The molecule has 0 aromatic carbocycles. The molecule has 1 aromatic rings. The molecule has 1 fully saturated rings. The van der Waals surface area contributed by atoms with Crippen molar-refractivity contribution in [2.45, 2.75) is 26.3 Å². The summed E-state index contributed by atoms with van der Waals surface area (Å²) in [5, 5.41) is 4.63. The molecule has 0 aliphatic carbocycles. The summed E-state index contributed by atoms with van der Waals surface area (Å²) in [6, 6.07) is 0. The number of aromatic nitrogens is 1. The first-order valence-corrected chi connectivity index (χ1v) is 6.45. The highest BCUT2D eigenvalue weighted by atomic mass is 35.5. The zero-order valence-electron chi connectivity index (χ0n) is 9.90. The minimum atomic E-state index is 0. The van der Waals surface area contributed by atoms with Crippen molar-refractivity contribution in [3.63, 3.8) is 0 Å². The zero-order chi connectivity index (χ0) is 10.7. The summed E-state index contributed by atoms with van der Waals surface area (Å²) >= 11 is 1.86. The van der Waals surface area contributed by atoms with E-state index in [4.69, 9.17) is 0 Å². The van der Waals surface area contributed by atoms with Gasteiger partial charge in [0.1, 0.15) is 0 Å². The molecule has 0 unspecified atom stereocenters. The largest absolute Gasteiger partial charge is 0.314 e. The smallest absolute Gasteiger partial charge is 0.0953 e. The van der Waals surface area contributed by atoms with E-state index in [1.165, 1.54) is 9.88 Å². The standard InChI is InChI=1S/C11H19N3S.ClH/c1-9(2)11-13-7-10(15-11)8-14-5-3-12-4-6-14;/h7,9,12H,3-6,8H2,1-2H3;1H. The topological polar surface area (TPSA) is 28.2 Å². The molecule has 5 heteroatoms. The van der Waals surface area contributed by atoms with E-state index < -0.39 is 0 Å². The summed E-state index contributed by atoms with van der Waals surface area (Å²) in [6.45, 7) is 10.0. The molecule has 0 atom stereocenters. The molecule has 3 nitrogen and oxygen atoms in total. The quantitative estimate of drug-likeness (QED) is 0.903. The maximum atomic E-state index is 4.46. The third-order valence-corrected chi connectivity index (χ3v) is 3.94.